The van der Waals surface area contributed by atoms with Gasteiger partial charge in [0.2, 0.25) is 0 Å². The number of hydrogen-bond acceptors (Lipinski definition) is 8. The Balaban J connectivity index is -0.000000107. The highest BCUT2D eigenvalue weighted by Gasteiger charge is 2.01. The Hall–Kier alpha value is 0.459. The first-order valence-corrected chi connectivity index (χ1v) is 4.62. The molecule has 67 valence electrons. The Labute approximate surface area is 73.9 Å². The first-order chi connectivity index (χ1) is 4.00. The van der Waals surface area contributed by atoms with Crippen LogP contribution < -0.4 is 4.80 Å². The molecule has 0 spiro atoms. The number of hydrogen-bond donors (Lipinski definition) is 3. The third-order valence-corrected chi connectivity index (χ3v) is 0. The molecular weight excluding hydrogens is 215 g/mol. The van der Waals surface area contributed by atoms with Gasteiger partial charge in [0, 0.05) is 27.8 Å². The lowest BCUT2D eigenvalue weighted by molar-refractivity contribution is -0.295. The van der Waals surface area contributed by atoms with Crippen LogP contribution in [0.5, 0.6) is 0 Å². The molecule has 11 heteroatoms. The minimum atomic E-state index is -5.17. The van der Waals surface area contributed by atoms with Crippen LogP contribution in [0.15, 0.2) is 0 Å². The van der Waals surface area contributed by atoms with Gasteiger partial charge in [-0.1, -0.05) is 0 Å². The SMILES string of the molecule is O=S(=O)([O-])[O-].[Al].[O-][Si](O)(O)O. The molecule has 8 nitrogen and oxygen atoms in total. The largest absolute Gasteiger partial charge is 0.794 e. The molecule has 3 radical (unpaired) electrons. The Kier molecular flexibility index (Phi) is 9.60. The maximum atomic E-state index is 8.91. The average molecular weight is 218 g/mol. The van der Waals surface area contributed by atoms with Crippen LogP contribution in [0.4, 0.5) is 0 Å². The molecule has 0 heterocycles. The van der Waals surface area contributed by atoms with Crippen molar-refractivity contribution in [1.82, 2.24) is 0 Å². The van der Waals surface area contributed by atoms with Gasteiger partial charge in [-0.25, -0.2) is 0 Å². The summed E-state index contributed by atoms with van der Waals surface area (Å²) < 4.78 is 34.1. The van der Waals surface area contributed by atoms with Crippen molar-refractivity contribution in [2.75, 3.05) is 0 Å². The molecule has 0 amide bonds. The highest BCUT2D eigenvalue weighted by molar-refractivity contribution is 7.79. The quantitative estimate of drug-likeness (QED) is 0.206. The lowest BCUT2D eigenvalue weighted by atomic mass is 15.7. The fourth-order valence-electron chi connectivity index (χ4n) is 0. The monoisotopic (exact) mass is 218 g/mol. The van der Waals surface area contributed by atoms with E-state index < -0.39 is 19.4 Å². The summed E-state index contributed by atoms with van der Waals surface area (Å²) in [5.74, 6) is 0. The highest BCUT2D eigenvalue weighted by Crippen LogP contribution is 1.59. The molecule has 0 bridgehead atoms. The molecule has 0 aromatic carbocycles. The molecule has 11 heavy (non-hydrogen) atoms. The van der Waals surface area contributed by atoms with E-state index in [9.17, 15) is 0 Å². The van der Waals surface area contributed by atoms with Gasteiger partial charge < -0.3 is 28.3 Å². The minimum absolute atomic E-state index is 0. The fraction of sp³-hybridized carbons (Fsp3) is 0. The van der Waals surface area contributed by atoms with Crippen molar-refractivity contribution in [2.24, 2.45) is 0 Å². The summed E-state index contributed by atoms with van der Waals surface area (Å²) >= 11 is 0. The normalized spacial score (nSPS) is 10.7. The van der Waals surface area contributed by atoms with Crippen LogP contribution in [-0.2, 0) is 10.4 Å². The van der Waals surface area contributed by atoms with Gasteiger partial charge in [0.15, 0.2) is 0 Å². The van der Waals surface area contributed by atoms with E-state index >= 15 is 0 Å². The Morgan fingerprint density at radius 1 is 1.09 bits per heavy atom. The Bertz CT molecular complexity index is 149. The lowest BCUT2D eigenvalue weighted by Gasteiger charge is -2.11. The van der Waals surface area contributed by atoms with Gasteiger partial charge in [-0.05, 0) is 0 Å². The van der Waals surface area contributed by atoms with Crippen LogP contribution in [0.3, 0.4) is 0 Å². The van der Waals surface area contributed by atoms with Crippen molar-refractivity contribution in [2.45, 2.75) is 0 Å². The average Bonchev–Trinajstić information content (AvgIpc) is 1.12. The van der Waals surface area contributed by atoms with Crippen LogP contribution in [0.25, 0.3) is 0 Å². The predicted molar refractivity (Wildman–Crippen MR) is 28.6 cm³/mol. The predicted octanol–water partition coefficient (Wildman–Crippen LogP) is -4.96. The second-order valence-electron chi connectivity index (χ2n) is 0.982. The third kappa shape index (κ3) is 3550. The van der Waals surface area contributed by atoms with E-state index in [1.165, 1.54) is 0 Å². The summed E-state index contributed by atoms with van der Waals surface area (Å²) in [6, 6.07) is 0. The Morgan fingerprint density at radius 2 is 1.09 bits per heavy atom. The van der Waals surface area contributed by atoms with E-state index in [2.05, 4.69) is 0 Å². The van der Waals surface area contributed by atoms with E-state index in [-0.39, 0.29) is 17.4 Å². The van der Waals surface area contributed by atoms with Crippen LogP contribution in [0.2, 0.25) is 0 Å². The standard InChI is InChI=1S/Al.H2O4S.H3O4Si/c;2*1-5(2,3)4/h;(H2,1,2,3,4);1-3H/q;;-1/p-2. The smallest absolute Gasteiger partial charge is 0.404 e. The van der Waals surface area contributed by atoms with Gasteiger partial charge in [-0.3, -0.25) is 8.42 Å². The summed E-state index contributed by atoms with van der Waals surface area (Å²) in [6.45, 7) is 0. The minimum Gasteiger partial charge on any atom is -0.794 e. The van der Waals surface area contributed by atoms with Crippen LogP contribution in [0.1, 0.15) is 0 Å². The number of rotatable bonds is 0. The highest BCUT2D eigenvalue weighted by atomic mass is 32.3. The zero-order valence-corrected chi connectivity index (χ0v) is 7.84. The second-order valence-corrected chi connectivity index (χ2v) is 2.95. The van der Waals surface area contributed by atoms with Gasteiger partial charge >= 0.3 is 9.05 Å². The van der Waals surface area contributed by atoms with Crippen molar-refractivity contribution in [3.63, 3.8) is 0 Å². The second kappa shape index (κ2) is 6.03. The van der Waals surface area contributed by atoms with Gasteiger partial charge in [-0.15, -0.1) is 0 Å². The third-order valence-electron chi connectivity index (χ3n) is 0. The van der Waals surface area contributed by atoms with E-state index in [0.717, 1.165) is 0 Å². The van der Waals surface area contributed by atoms with Gasteiger partial charge in [0.05, 0.1) is 0 Å². The summed E-state index contributed by atoms with van der Waals surface area (Å²) in [6.07, 6.45) is 0. The van der Waals surface area contributed by atoms with Crippen LogP contribution in [0, 0.1) is 0 Å². The summed E-state index contributed by atoms with van der Waals surface area (Å²) in [5.41, 5.74) is 0. The molecule has 0 fully saturated rings. The van der Waals surface area contributed by atoms with Crippen LogP contribution >= 0.6 is 0 Å². The molecular formula is H3AlO8SSi-3. The summed E-state index contributed by atoms with van der Waals surface area (Å²) in [5, 5.41) is 0. The van der Waals surface area contributed by atoms with Gasteiger partial charge in [-0.2, -0.15) is 0 Å². The summed E-state index contributed by atoms with van der Waals surface area (Å²) in [7, 11) is -10.0. The van der Waals surface area contributed by atoms with Crippen LogP contribution in [-0.4, -0.2) is 58.3 Å². The van der Waals surface area contributed by atoms with E-state index in [0.29, 0.717) is 0 Å². The van der Waals surface area contributed by atoms with Gasteiger partial charge in [0.1, 0.15) is 0 Å². The Morgan fingerprint density at radius 3 is 1.09 bits per heavy atom. The maximum absolute atomic E-state index is 8.91. The fourth-order valence-corrected chi connectivity index (χ4v) is 0. The molecule has 0 aliphatic carbocycles. The van der Waals surface area contributed by atoms with Gasteiger partial charge in [0.25, 0.3) is 0 Å². The molecule has 0 atom stereocenters. The topological polar surface area (TPSA) is 164 Å². The molecule has 0 aromatic heterocycles. The first-order valence-electron chi connectivity index (χ1n) is 1.54. The van der Waals surface area contributed by atoms with Crippen molar-refractivity contribution in [3.05, 3.63) is 0 Å². The zero-order valence-electron chi connectivity index (χ0n) is 4.87. The maximum Gasteiger partial charge on any atom is 0.404 e. The molecule has 0 unspecified atom stereocenters. The molecule has 0 aromatic rings. The zero-order chi connectivity index (χ0) is 9.00. The van der Waals surface area contributed by atoms with Crippen molar-refractivity contribution in [1.29, 1.82) is 0 Å². The first kappa shape index (κ1) is 17.5. The molecule has 0 aliphatic heterocycles. The van der Waals surface area contributed by atoms with E-state index in [1.54, 1.807) is 0 Å². The summed E-state index contributed by atoms with van der Waals surface area (Å²) in [4.78, 5) is 30.6. The molecule has 0 saturated carbocycles. The molecule has 0 saturated heterocycles. The molecule has 0 rings (SSSR count). The van der Waals surface area contributed by atoms with Crippen molar-refractivity contribution in [3.8, 4) is 0 Å². The molecule has 0 aliphatic rings. The van der Waals surface area contributed by atoms with Crippen molar-refractivity contribution < 1.29 is 36.7 Å². The molecule has 3 N–H and O–H groups in total. The van der Waals surface area contributed by atoms with Crippen molar-refractivity contribution >= 4 is 36.8 Å². The lowest BCUT2D eigenvalue weighted by Crippen LogP contribution is -2.50. The van der Waals surface area contributed by atoms with E-state index in [1.807, 2.05) is 0 Å². The van der Waals surface area contributed by atoms with E-state index in [4.69, 9.17) is 36.7 Å².